The maximum atomic E-state index is 13.5. The molecule has 2 aliphatic rings. The second-order valence-electron chi connectivity index (χ2n) is 10.8. The van der Waals surface area contributed by atoms with Crippen molar-refractivity contribution in [3.63, 3.8) is 0 Å². The average molecular weight is 518 g/mol. The number of benzene rings is 1. The minimum Gasteiger partial charge on any atom is -0.487 e. The molecule has 1 aliphatic carbocycles. The van der Waals surface area contributed by atoms with Crippen LogP contribution in [0.5, 0.6) is 5.75 Å². The lowest BCUT2D eigenvalue weighted by Crippen LogP contribution is -2.52. The molecule has 5 amide bonds. The van der Waals surface area contributed by atoms with Crippen molar-refractivity contribution >= 4 is 23.7 Å². The van der Waals surface area contributed by atoms with Gasteiger partial charge in [-0.2, -0.15) is 0 Å². The second kappa shape index (κ2) is 13.0. The molecule has 1 aromatic carbocycles. The number of carbonyl (C=O) groups excluding carboxylic acids is 3. The summed E-state index contributed by atoms with van der Waals surface area (Å²) in [6.07, 6.45) is 5.12. The minimum atomic E-state index is -0.408. The molecule has 1 heterocycles. The van der Waals surface area contributed by atoms with E-state index in [1.54, 1.807) is 42.0 Å². The number of fused-ring (bicyclic) bond motifs is 1. The molecule has 0 aromatic heterocycles. The molecule has 0 bridgehead atoms. The van der Waals surface area contributed by atoms with Crippen LogP contribution in [0.15, 0.2) is 18.2 Å². The van der Waals surface area contributed by atoms with Gasteiger partial charge >= 0.3 is 12.1 Å². The number of likely N-dealkylation sites (N-methyl/N-ethyl adjacent to an activating group) is 1. The van der Waals surface area contributed by atoms with Gasteiger partial charge in [0.2, 0.25) is 0 Å². The smallest absolute Gasteiger partial charge is 0.319 e. The first-order valence-corrected chi connectivity index (χ1v) is 13.4. The van der Waals surface area contributed by atoms with Crippen molar-refractivity contribution in [1.29, 1.82) is 0 Å². The molecule has 37 heavy (non-hydrogen) atoms. The molecule has 1 fully saturated rings. The summed E-state index contributed by atoms with van der Waals surface area (Å²) in [7, 11) is 1.76. The van der Waals surface area contributed by atoms with Crippen LogP contribution in [0, 0.1) is 5.92 Å². The number of hydrogen-bond acceptors (Lipinski definition) is 5. The Morgan fingerprint density at radius 3 is 2.54 bits per heavy atom. The molecule has 10 heteroatoms. The zero-order chi connectivity index (χ0) is 27.1. The number of hydrogen-bond donors (Lipinski definition) is 4. The molecule has 0 saturated heterocycles. The molecule has 0 unspecified atom stereocenters. The maximum absolute atomic E-state index is 13.5. The van der Waals surface area contributed by atoms with E-state index in [0.29, 0.717) is 30.1 Å². The number of urea groups is 2. The Morgan fingerprint density at radius 2 is 1.89 bits per heavy atom. The Labute approximate surface area is 220 Å². The molecule has 1 aliphatic heterocycles. The molecular formula is C27H43N5O5. The van der Waals surface area contributed by atoms with Gasteiger partial charge in [-0.05, 0) is 51.8 Å². The van der Waals surface area contributed by atoms with E-state index in [1.807, 2.05) is 20.8 Å². The van der Waals surface area contributed by atoms with Gasteiger partial charge in [0.05, 0.1) is 24.8 Å². The predicted molar refractivity (Wildman–Crippen MR) is 143 cm³/mol. The Balaban J connectivity index is 1.82. The summed E-state index contributed by atoms with van der Waals surface area (Å²) >= 11 is 0. The van der Waals surface area contributed by atoms with E-state index in [1.165, 1.54) is 6.42 Å². The summed E-state index contributed by atoms with van der Waals surface area (Å²) in [4.78, 5) is 41.9. The van der Waals surface area contributed by atoms with E-state index in [-0.39, 0.29) is 48.7 Å². The van der Waals surface area contributed by atoms with Crippen molar-refractivity contribution in [3.05, 3.63) is 23.8 Å². The number of rotatable bonds is 7. The fraction of sp³-hybridized carbons (Fsp3) is 0.667. The monoisotopic (exact) mass is 517 g/mol. The van der Waals surface area contributed by atoms with Gasteiger partial charge in [-0.15, -0.1) is 0 Å². The van der Waals surface area contributed by atoms with Gasteiger partial charge in [-0.3, -0.25) is 4.79 Å². The quantitative estimate of drug-likeness (QED) is 0.441. The van der Waals surface area contributed by atoms with E-state index in [0.717, 1.165) is 25.7 Å². The minimum absolute atomic E-state index is 0.0373. The highest BCUT2D eigenvalue weighted by Crippen LogP contribution is 2.30. The fourth-order valence-corrected chi connectivity index (χ4v) is 4.83. The third kappa shape index (κ3) is 7.74. The van der Waals surface area contributed by atoms with Gasteiger partial charge in [0.15, 0.2) is 0 Å². The van der Waals surface area contributed by atoms with Crippen LogP contribution < -0.4 is 20.7 Å². The standard InChI is InChI=1S/C27H43N5O5/c1-17(2)28-26(35)29-21-11-12-23-22(13-21)25(34)32(19(4)16-33)14-18(3)24(37-23)15-31(5)27(36)30-20-9-7-6-8-10-20/h11-13,17-20,24,33H,6-10,14-16H2,1-5H3,(H,30,36)(H2,28,29,35)/t18-,19+,24+/m1/s1. The molecule has 206 valence electrons. The zero-order valence-corrected chi connectivity index (χ0v) is 22.8. The maximum Gasteiger partial charge on any atom is 0.319 e. The Bertz CT molecular complexity index is 949. The Kier molecular flexibility index (Phi) is 10.0. The summed E-state index contributed by atoms with van der Waals surface area (Å²) in [5, 5.41) is 18.5. The van der Waals surface area contributed by atoms with Crippen LogP contribution in [0.3, 0.4) is 0 Å². The van der Waals surface area contributed by atoms with E-state index < -0.39 is 6.04 Å². The van der Waals surface area contributed by atoms with Crippen molar-refractivity contribution in [1.82, 2.24) is 20.4 Å². The van der Waals surface area contributed by atoms with Gasteiger partial charge in [-0.1, -0.05) is 26.2 Å². The van der Waals surface area contributed by atoms with Gasteiger partial charge in [-0.25, -0.2) is 9.59 Å². The van der Waals surface area contributed by atoms with Crippen molar-refractivity contribution in [2.45, 2.75) is 84.0 Å². The third-order valence-electron chi connectivity index (χ3n) is 7.08. The van der Waals surface area contributed by atoms with Crippen LogP contribution in [-0.4, -0.2) is 83.8 Å². The van der Waals surface area contributed by atoms with E-state index in [2.05, 4.69) is 16.0 Å². The van der Waals surface area contributed by atoms with Crippen LogP contribution >= 0.6 is 0 Å². The molecule has 0 spiro atoms. The third-order valence-corrected chi connectivity index (χ3v) is 7.08. The first-order valence-electron chi connectivity index (χ1n) is 13.4. The molecule has 10 nitrogen and oxygen atoms in total. The molecule has 1 saturated carbocycles. The van der Waals surface area contributed by atoms with E-state index >= 15 is 0 Å². The lowest BCUT2D eigenvalue weighted by molar-refractivity contribution is 0.0366. The molecular weight excluding hydrogens is 474 g/mol. The molecule has 3 atom stereocenters. The summed E-state index contributed by atoms with van der Waals surface area (Å²) in [6.45, 7) is 8.01. The Morgan fingerprint density at radius 1 is 1.19 bits per heavy atom. The van der Waals surface area contributed by atoms with Crippen LogP contribution in [0.25, 0.3) is 0 Å². The van der Waals surface area contributed by atoms with Gasteiger partial charge in [0.25, 0.3) is 5.91 Å². The lowest BCUT2D eigenvalue weighted by atomic mass is 9.96. The number of amides is 5. The number of anilines is 1. The van der Waals surface area contributed by atoms with Gasteiger partial charge in [0.1, 0.15) is 11.9 Å². The molecule has 3 rings (SSSR count). The number of nitrogens with one attached hydrogen (secondary N) is 3. The molecule has 4 N–H and O–H groups in total. The topological polar surface area (TPSA) is 123 Å². The lowest BCUT2D eigenvalue weighted by Gasteiger charge is -2.38. The van der Waals surface area contributed by atoms with Crippen molar-refractivity contribution < 1.29 is 24.2 Å². The Hall–Kier alpha value is -3.01. The summed E-state index contributed by atoms with van der Waals surface area (Å²) in [6, 6.07) is 4.23. The van der Waals surface area contributed by atoms with Crippen LogP contribution in [-0.2, 0) is 0 Å². The molecule has 1 aromatic rings. The van der Waals surface area contributed by atoms with Crippen LogP contribution in [0.2, 0.25) is 0 Å². The van der Waals surface area contributed by atoms with E-state index in [4.69, 9.17) is 4.74 Å². The largest absolute Gasteiger partial charge is 0.487 e. The normalized spacial score (nSPS) is 21.3. The van der Waals surface area contributed by atoms with Crippen LogP contribution in [0.1, 0.15) is 70.2 Å². The predicted octanol–water partition coefficient (Wildman–Crippen LogP) is 3.41. The van der Waals surface area contributed by atoms with E-state index in [9.17, 15) is 19.5 Å². The number of carbonyl (C=O) groups is 3. The fourth-order valence-electron chi connectivity index (χ4n) is 4.83. The summed E-state index contributed by atoms with van der Waals surface area (Å²) in [5.41, 5.74) is 0.758. The number of aliphatic hydroxyl groups excluding tert-OH is 1. The average Bonchev–Trinajstić information content (AvgIpc) is 2.86. The summed E-state index contributed by atoms with van der Waals surface area (Å²) in [5.74, 6) is -0.00332. The first kappa shape index (κ1) is 28.6. The highest BCUT2D eigenvalue weighted by atomic mass is 16.5. The highest BCUT2D eigenvalue weighted by molar-refractivity contribution is 5.99. The molecule has 0 radical (unpaired) electrons. The van der Waals surface area contributed by atoms with Gasteiger partial charge < -0.3 is 35.6 Å². The SMILES string of the molecule is CC(C)NC(=O)Nc1ccc2c(c1)C(=O)N([C@@H](C)CO)C[C@@H](C)[C@H](CN(C)C(=O)NC1CCCCC1)O2. The van der Waals surface area contributed by atoms with Crippen molar-refractivity contribution in [3.8, 4) is 5.75 Å². The summed E-state index contributed by atoms with van der Waals surface area (Å²) < 4.78 is 6.36. The first-order chi connectivity index (χ1) is 17.6. The van der Waals surface area contributed by atoms with Crippen molar-refractivity contribution in [2.75, 3.05) is 32.1 Å². The van der Waals surface area contributed by atoms with Crippen molar-refractivity contribution in [2.24, 2.45) is 5.92 Å². The second-order valence-corrected chi connectivity index (χ2v) is 10.8. The van der Waals surface area contributed by atoms with Gasteiger partial charge in [0, 0.05) is 37.3 Å². The zero-order valence-electron chi connectivity index (χ0n) is 22.8. The highest BCUT2D eigenvalue weighted by Gasteiger charge is 2.34. The number of nitrogens with zero attached hydrogens (tertiary/aromatic N) is 2. The van der Waals surface area contributed by atoms with Crippen LogP contribution in [0.4, 0.5) is 15.3 Å². The number of ether oxygens (including phenoxy) is 1. The number of aliphatic hydroxyl groups is 1.